The van der Waals surface area contributed by atoms with Crippen molar-refractivity contribution in [1.82, 2.24) is 5.32 Å². The fraction of sp³-hybridized carbons (Fsp3) is 0.409. The van der Waals surface area contributed by atoms with Gasteiger partial charge in [-0.15, -0.1) is 0 Å². The first-order chi connectivity index (χ1) is 13.1. The highest BCUT2D eigenvalue weighted by molar-refractivity contribution is 6.30. The molecule has 2 aromatic carbocycles. The molecular formula is C22H30ClN3O+2. The molecule has 0 aliphatic carbocycles. The Morgan fingerprint density at radius 3 is 2.30 bits per heavy atom. The van der Waals surface area contributed by atoms with Gasteiger partial charge in [-0.1, -0.05) is 61.0 Å². The minimum atomic E-state index is 0.161. The summed E-state index contributed by atoms with van der Waals surface area (Å²) in [6.07, 6.45) is 0. The number of rotatable bonds is 7. The van der Waals surface area contributed by atoms with E-state index in [-0.39, 0.29) is 5.91 Å². The third-order valence-electron chi connectivity index (χ3n) is 5.42. The van der Waals surface area contributed by atoms with Gasteiger partial charge in [0.1, 0.15) is 32.7 Å². The largest absolute Gasteiger partial charge is 0.351 e. The van der Waals surface area contributed by atoms with Crippen LogP contribution in [0.3, 0.4) is 0 Å². The Hall–Kier alpha value is -1.88. The van der Waals surface area contributed by atoms with Crippen LogP contribution in [0.4, 0.5) is 0 Å². The summed E-state index contributed by atoms with van der Waals surface area (Å²) in [5.74, 6) is 0.500. The van der Waals surface area contributed by atoms with Gasteiger partial charge in [-0.2, -0.15) is 0 Å². The lowest BCUT2D eigenvalue weighted by molar-refractivity contribution is -1.02. The smallest absolute Gasteiger partial charge is 0.275 e. The van der Waals surface area contributed by atoms with E-state index >= 15 is 0 Å². The number of piperazine rings is 1. The molecule has 4 nitrogen and oxygen atoms in total. The monoisotopic (exact) mass is 387 g/mol. The van der Waals surface area contributed by atoms with Gasteiger partial charge in [-0.05, 0) is 23.6 Å². The molecule has 3 N–H and O–H groups in total. The average Bonchev–Trinajstić information content (AvgIpc) is 2.70. The van der Waals surface area contributed by atoms with Crippen molar-refractivity contribution in [3.8, 4) is 0 Å². The van der Waals surface area contributed by atoms with E-state index in [2.05, 4.69) is 36.5 Å². The molecule has 0 bridgehead atoms. The van der Waals surface area contributed by atoms with Gasteiger partial charge in [-0.25, -0.2) is 0 Å². The predicted molar refractivity (Wildman–Crippen MR) is 109 cm³/mol. The summed E-state index contributed by atoms with van der Waals surface area (Å²) in [6, 6.07) is 18.5. The van der Waals surface area contributed by atoms with Crippen molar-refractivity contribution in [3.05, 3.63) is 70.7 Å². The molecular weight excluding hydrogens is 358 g/mol. The quantitative estimate of drug-likeness (QED) is 0.637. The molecule has 0 aromatic heterocycles. The van der Waals surface area contributed by atoms with Gasteiger partial charge >= 0.3 is 0 Å². The number of carbonyl (C=O) groups excluding carboxylic acids is 1. The molecule has 3 rings (SSSR count). The summed E-state index contributed by atoms with van der Waals surface area (Å²) in [4.78, 5) is 15.3. The topological polar surface area (TPSA) is 38.0 Å². The lowest BCUT2D eigenvalue weighted by atomic mass is 10.0. The van der Waals surface area contributed by atoms with Crippen molar-refractivity contribution in [1.29, 1.82) is 0 Å². The highest BCUT2D eigenvalue weighted by Crippen LogP contribution is 2.12. The Bertz CT molecular complexity index is 712. The second-order valence-corrected chi connectivity index (χ2v) is 8.03. The first-order valence-electron chi connectivity index (χ1n) is 9.83. The Kier molecular flexibility index (Phi) is 7.27. The number of amides is 1. The second kappa shape index (κ2) is 9.88. The van der Waals surface area contributed by atoms with Crippen LogP contribution in [0.25, 0.3) is 0 Å². The van der Waals surface area contributed by atoms with E-state index in [1.54, 1.807) is 4.90 Å². The molecule has 1 amide bonds. The van der Waals surface area contributed by atoms with Gasteiger partial charge < -0.3 is 15.1 Å². The highest BCUT2D eigenvalue weighted by atomic mass is 35.5. The summed E-state index contributed by atoms with van der Waals surface area (Å²) in [7, 11) is 0. The molecule has 5 heteroatoms. The summed E-state index contributed by atoms with van der Waals surface area (Å²) in [6.45, 7) is 8.76. The molecule has 0 saturated carbocycles. The van der Waals surface area contributed by atoms with E-state index in [0.29, 0.717) is 19.0 Å². The van der Waals surface area contributed by atoms with E-state index in [9.17, 15) is 4.79 Å². The maximum Gasteiger partial charge on any atom is 0.275 e. The Labute approximate surface area is 167 Å². The number of hydrogen-bond acceptors (Lipinski definition) is 1. The third kappa shape index (κ3) is 6.35. The van der Waals surface area contributed by atoms with E-state index < -0.39 is 0 Å². The van der Waals surface area contributed by atoms with Gasteiger partial charge in [0.2, 0.25) is 0 Å². The van der Waals surface area contributed by atoms with E-state index in [0.717, 1.165) is 37.7 Å². The van der Waals surface area contributed by atoms with Crippen LogP contribution in [0.1, 0.15) is 24.0 Å². The van der Waals surface area contributed by atoms with Crippen molar-refractivity contribution >= 4 is 17.5 Å². The van der Waals surface area contributed by atoms with Gasteiger partial charge in [0.05, 0.1) is 0 Å². The molecule has 1 fully saturated rings. The number of quaternary nitrogens is 2. The molecule has 1 aliphatic rings. The predicted octanol–water partition coefficient (Wildman–Crippen LogP) is 0.543. The first-order valence-corrected chi connectivity index (χ1v) is 10.2. The molecule has 0 radical (unpaired) electrons. The van der Waals surface area contributed by atoms with Crippen molar-refractivity contribution in [3.63, 3.8) is 0 Å². The van der Waals surface area contributed by atoms with E-state index in [4.69, 9.17) is 11.6 Å². The van der Waals surface area contributed by atoms with Crippen molar-refractivity contribution in [2.24, 2.45) is 0 Å². The van der Waals surface area contributed by atoms with Crippen LogP contribution in [0.15, 0.2) is 54.6 Å². The fourth-order valence-corrected chi connectivity index (χ4v) is 3.78. The maximum atomic E-state index is 12.3. The molecule has 2 aromatic rings. The van der Waals surface area contributed by atoms with Gasteiger partial charge in [0, 0.05) is 17.1 Å². The summed E-state index contributed by atoms with van der Waals surface area (Å²) in [5, 5.41) is 3.89. The van der Waals surface area contributed by atoms with Gasteiger partial charge in [-0.3, -0.25) is 4.79 Å². The van der Waals surface area contributed by atoms with Crippen molar-refractivity contribution in [2.75, 3.05) is 39.3 Å². The Balaban J connectivity index is 1.36. The Morgan fingerprint density at radius 2 is 1.63 bits per heavy atom. The van der Waals surface area contributed by atoms with Crippen LogP contribution in [0.5, 0.6) is 0 Å². The van der Waals surface area contributed by atoms with Crippen molar-refractivity contribution < 1.29 is 14.6 Å². The van der Waals surface area contributed by atoms with E-state index in [1.807, 2.05) is 30.3 Å². The minimum Gasteiger partial charge on any atom is -0.351 e. The zero-order valence-corrected chi connectivity index (χ0v) is 16.8. The number of nitrogens with one attached hydrogen (secondary N) is 3. The summed E-state index contributed by atoms with van der Waals surface area (Å²) >= 11 is 5.95. The van der Waals surface area contributed by atoms with Crippen LogP contribution in [-0.4, -0.2) is 45.2 Å². The molecule has 1 saturated heterocycles. The zero-order valence-electron chi connectivity index (χ0n) is 16.0. The third-order valence-corrected chi connectivity index (χ3v) is 5.67. The summed E-state index contributed by atoms with van der Waals surface area (Å²) < 4.78 is 0. The molecule has 1 atom stereocenters. The number of benzene rings is 2. The Morgan fingerprint density at radius 1 is 1.00 bits per heavy atom. The van der Waals surface area contributed by atoms with Crippen LogP contribution >= 0.6 is 11.6 Å². The minimum absolute atomic E-state index is 0.161. The fourth-order valence-electron chi connectivity index (χ4n) is 3.66. The molecule has 0 unspecified atom stereocenters. The molecule has 1 aliphatic heterocycles. The van der Waals surface area contributed by atoms with Gasteiger partial charge in [0.25, 0.3) is 5.91 Å². The number of halogens is 1. The molecule has 0 spiro atoms. The van der Waals surface area contributed by atoms with Crippen LogP contribution < -0.4 is 15.1 Å². The normalized spacial score (nSPS) is 20.8. The standard InChI is InChI=1S/C22H28ClN3O/c1-18(20-5-3-2-4-6-20)15-24-22(27)17-26-13-11-25(12-14-26)16-19-7-9-21(23)10-8-19/h2-10,18H,11-17H2,1H3,(H,24,27)/p+2/t18-/m0/s1. The van der Waals surface area contributed by atoms with Crippen molar-refractivity contribution in [2.45, 2.75) is 19.4 Å². The van der Waals surface area contributed by atoms with Gasteiger partial charge in [0.15, 0.2) is 6.54 Å². The average molecular weight is 388 g/mol. The van der Waals surface area contributed by atoms with Crippen LogP contribution in [0.2, 0.25) is 5.02 Å². The number of hydrogen-bond donors (Lipinski definition) is 3. The zero-order chi connectivity index (χ0) is 19.1. The maximum absolute atomic E-state index is 12.3. The summed E-state index contributed by atoms with van der Waals surface area (Å²) in [5.41, 5.74) is 2.59. The SMILES string of the molecule is C[C@@H](CNC(=O)C[NH+]1CC[NH+](Cc2ccc(Cl)cc2)CC1)c1ccccc1. The van der Waals surface area contributed by atoms with E-state index in [1.165, 1.54) is 16.0 Å². The second-order valence-electron chi connectivity index (χ2n) is 7.60. The lowest BCUT2D eigenvalue weighted by Crippen LogP contribution is -3.28. The van der Waals surface area contributed by atoms with Crippen LogP contribution in [0, 0.1) is 0 Å². The number of carbonyl (C=O) groups is 1. The highest BCUT2D eigenvalue weighted by Gasteiger charge is 2.24. The lowest BCUT2D eigenvalue weighted by Gasteiger charge is -2.29. The first kappa shape index (κ1) is 19.9. The molecule has 27 heavy (non-hydrogen) atoms. The molecule has 1 heterocycles. The van der Waals surface area contributed by atoms with Crippen LogP contribution in [-0.2, 0) is 11.3 Å². The molecule has 144 valence electrons.